The molecule has 0 atom stereocenters. The van der Waals surface area contributed by atoms with Crippen molar-refractivity contribution in [3.05, 3.63) is 46.7 Å². The molecule has 168 valence electrons. The summed E-state index contributed by atoms with van der Waals surface area (Å²) in [6.45, 7) is 2.10. The van der Waals surface area contributed by atoms with Gasteiger partial charge in [-0.1, -0.05) is 25.8 Å². The second-order valence-corrected chi connectivity index (χ2v) is 10.6. The first-order valence-electron chi connectivity index (χ1n) is 10.5. The molecule has 1 aromatic heterocycles. The molecule has 0 spiro atoms. The van der Waals surface area contributed by atoms with Gasteiger partial charge >= 0.3 is 0 Å². The molecule has 1 saturated carbocycles. The van der Waals surface area contributed by atoms with E-state index in [2.05, 4.69) is 21.4 Å². The number of carbonyl (C=O) groups excluding carboxylic acids is 2. The molecular weight excluding hydrogens is 434 g/mol. The average molecular weight is 464 g/mol. The van der Waals surface area contributed by atoms with E-state index in [0.29, 0.717) is 18.7 Å². The molecule has 1 aliphatic rings. The lowest BCUT2D eigenvalue weighted by atomic mass is 9.84. The van der Waals surface area contributed by atoms with Crippen molar-refractivity contribution in [2.24, 2.45) is 0 Å². The van der Waals surface area contributed by atoms with Crippen LogP contribution < -0.4 is 15.4 Å². The van der Waals surface area contributed by atoms with Crippen LogP contribution in [0.5, 0.6) is 0 Å². The third-order valence-corrected chi connectivity index (χ3v) is 8.11. The number of hydrogen-bond acceptors (Lipinski definition) is 5. The molecule has 3 N–H and O–H groups in total. The first kappa shape index (κ1) is 23.4. The fourth-order valence-corrected chi connectivity index (χ4v) is 5.85. The summed E-state index contributed by atoms with van der Waals surface area (Å²) >= 11 is 1.70. The van der Waals surface area contributed by atoms with Crippen LogP contribution in [0.2, 0.25) is 0 Å². The fraction of sp³-hybridized carbons (Fsp3) is 0.455. The number of benzene rings is 1. The van der Waals surface area contributed by atoms with E-state index in [1.165, 1.54) is 29.1 Å². The van der Waals surface area contributed by atoms with Gasteiger partial charge in [0.25, 0.3) is 0 Å². The van der Waals surface area contributed by atoms with E-state index in [9.17, 15) is 18.0 Å². The third-order valence-electron chi connectivity index (χ3n) is 5.58. The Kier molecular flexibility index (Phi) is 7.85. The molecule has 0 radical (unpaired) electrons. The maximum Gasteiger partial charge on any atom is 0.241 e. The summed E-state index contributed by atoms with van der Waals surface area (Å²) in [6, 6.07) is 10.0. The van der Waals surface area contributed by atoms with Crippen molar-refractivity contribution in [1.29, 1.82) is 0 Å². The van der Waals surface area contributed by atoms with Gasteiger partial charge in [0.1, 0.15) is 0 Å². The van der Waals surface area contributed by atoms with Crippen molar-refractivity contribution in [3.63, 3.8) is 0 Å². The summed E-state index contributed by atoms with van der Waals surface area (Å²) in [5, 5.41) is 7.67. The number of anilines is 1. The Morgan fingerprint density at radius 2 is 1.77 bits per heavy atom. The molecule has 31 heavy (non-hydrogen) atoms. The van der Waals surface area contributed by atoms with Gasteiger partial charge in [0, 0.05) is 28.9 Å². The number of amides is 2. The number of rotatable bonds is 10. The normalized spacial score (nSPS) is 15.5. The molecule has 1 aliphatic carbocycles. The molecular formula is C22H29N3O4S2. The lowest BCUT2D eigenvalue weighted by Gasteiger charge is -2.28. The monoisotopic (exact) mass is 463 g/mol. The Morgan fingerprint density at radius 3 is 2.39 bits per heavy atom. The molecule has 9 heteroatoms. The maximum absolute atomic E-state index is 12.5. The zero-order valence-electron chi connectivity index (χ0n) is 17.6. The minimum atomic E-state index is -3.83. The Morgan fingerprint density at radius 1 is 1.06 bits per heavy atom. The van der Waals surface area contributed by atoms with E-state index in [-0.39, 0.29) is 28.7 Å². The Labute approximate surface area is 187 Å². The summed E-state index contributed by atoms with van der Waals surface area (Å²) in [4.78, 5) is 25.3. The van der Waals surface area contributed by atoms with Gasteiger partial charge in [0.15, 0.2) is 0 Å². The molecule has 0 bridgehead atoms. The molecule has 0 aliphatic heterocycles. The van der Waals surface area contributed by atoms with E-state index in [1.807, 2.05) is 18.4 Å². The topological polar surface area (TPSA) is 104 Å². The molecule has 0 unspecified atom stereocenters. The van der Waals surface area contributed by atoms with Crippen molar-refractivity contribution < 1.29 is 18.0 Å². The molecule has 2 aromatic rings. The Bertz CT molecular complexity index is 980. The molecule has 0 saturated heterocycles. The number of hydrogen-bond donors (Lipinski definition) is 3. The van der Waals surface area contributed by atoms with E-state index in [1.54, 1.807) is 11.3 Å². The third kappa shape index (κ3) is 6.15. The van der Waals surface area contributed by atoms with Gasteiger partial charge in [0.2, 0.25) is 21.8 Å². The van der Waals surface area contributed by atoms with Gasteiger partial charge < -0.3 is 10.6 Å². The maximum atomic E-state index is 12.5. The first-order valence-corrected chi connectivity index (χ1v) is 12.9. The van der Waals surface area contributed by atoms with Crippen molar-refractivity contribution in [2.75, 3.05) is 18.4 Å². The van der Waals surface area contributed by atoms with Crippen molar-refractivity contribution in [1.82, 2.24) is 10.0 Å². The van der Waals surface area contributed by atoms with Gasteiger partial charge in [-0.25, -0.2) is 13.1 Å². The smallest absolute Gasteiger partial charge is 0.241 e. The Hall–Kier alpha value is -2.23. The van der Waals surface area contributed by atoms with Gasteiger partial charge in [-0.3, -0.25) is 9.59 Å². The van der Waals surface area contributed by atoms with Crippen LogP contribution in [0.15, 0.2) is 46.7 Å². The summed E-state index contributed by atoms with van der Waals surface area (Å²) < 4.78 is 27.4. The molecule has 7 nitrogen and oxygen atoms in total. The summed E-state index contributed by atoms with van der Waals surface area (Å²) in [5.41, 5.74) is 0.492. The minimum absolute atomic E-state index is 0.0409. The highest BCUT2D eigenvalue weighted by atomic mass is 32.2. The van der Waals surface area contributed by atoms with Crippen LogP contribution >= 0.6 is 11.3 Å². The van der Waals surface area contributed by atoms with Crippen LogP contribution in [-0.4, -0.2) is 33.3 Å². The van der Waals surface area contributed by atoms with Crippen molar-refractivity contribution in [3.8, 4) is 0 Å². The zero-order valence-corrected chi connectivity index (χ0v) is 19.3. The van der Waals surface area contributed by atoms with E-state index in [0.717, 1.165) is 32.1 Å². The number of carbonyl (C=O) groups is 2. The van der Waals surface area contributed by atoms with Crippen LogP contribution in [0, 0.1) is 0 Å². The van der Waals surface area contributed by atoms with Gasteiger partial charge in [0.05, 0.1) is 11.4 Å². The molecule has 3 rings (SSSR count). The van der Waals surface area contributed by atoms with Crippen LogP contribution in [0.3, 0.4) is 0 Å². The highest BCUT2D eigenvalue weighted by Crippen LogP contribution is 2.42. The number of nitrogens with one attached hydrogen (secondary N) is 3. The minimum Gasteiger partial charge on any atom is -0.354 e. The van der Waals surface area contributed by atoms with Gasteiger partial charge in [-0.05, 0) is 55.0 Å². The second-order valence-electron chi connectivity index (χ2n) is 7.89. The van der Waals surface area contributed by atoms with Crippen LogP contribution in [0.1, 0.15) is 50.3 Å². The predicted octanol–water partition coefficient (Wildman–Crippen LogP) is 3.39. The molecule has 1 aromatic carbocycles. The number of thiophene rings is 1. The highest BCUT2D eigenvalue weighted by molar-refractivity contribution is 7.89. The van der Waals surface area contributed by atoms with Crippen LogP contribution in [0.4, 0.5) is 5.69 Å². The largest absolute Gasteiger partial charge is 0.354 e. The number of sulfonamides is 1. The Balaban J connectivity index is 1.52. The first-order chi connectivity index (χ1) is 14.8. The second kappa shape index (κ2) is 10.4. The predicted molar refractivity (Wildman–Crippen MR) is 123 cm³/mol. The van der Waals surface area contributed by atoms with E-state index in [4.69, 9.17) is 0 Å². The van der Waals surface area contributed by atoms with Crippen molar-refractivity contribution in [2.45, 2.75) is 55.8 Å². The van der Waals surface area contributed by atoms with E-state index < -0.39 is 10.0 Å². The SMILES string of the molecule is CCCC(=O)Nc1ccc(S(=O)(=O)NCC(=O)NCC2(c3cccs3)CCCC2)cc1. The average Bonchev–Trinajstić information content (AvgIpc) is 3.44. The fourth-order valence-electron chi connectivity index (χ4n) is 3.88. The lowest BCUT2D eigenvalue weighted by Crippen LogP contribution is -2.43. The quantitative estimate of drug-likeness (QED) is 0.502. The summed E-state index contributed by atoms with van der Waals surface area (Å²) in [7, 11) is -3.83. The summed E-state index contributed by atoms with van der Waals surface area (Å²) in [6.07, 6.45) is 5.47. The van der Waals surface area contributed by atoms with E-state index >= 15 is 0 Å². The van der Waals surface area contributed by atoms with Crippen molar-refractivity contribution >= 4 is 38.9 Å². The van der Waals surface area contributed by atoms with Gasteiger partial charge in [-0.15, -0.1) is 11.3 Å². The van der Waals surface area contributed by atoms with Crippen LogP contribution in [0.25, 0.3) is 0 Å². The van der Waals surface area contributed by atoms with Crippen LogP contribution in [-0.2, 0) is 25.0 Å². The lowest BCUT2D eigenvalue weighted by molar-refractivity contribution is -0.120. The zero-order chi connectivity index (χ0) is 22.3. The van der Waals surface area contributed by atoms with Gasteiger partial charge in [-0.2, -0.15) is 0 Å². The molecule has 1 fully saturated rings. The molecule has 1 heterocycles. The molecule has 2 amide bonds. The summed E-state index contributed by atoms with van der Waals surface area (Å²) in [5.74, 6) is -0.467. The standard InChI is InChI=1S/C22H29N3O4S2/c1-2-6-20(26)25-17-8-10-18(11-9-17)31(28,29)24-15-21(27)23-16-22(12-3-4-13-22)19-7-5-14-30-19/h5,7-11,14,24H,2-4,6,12-13,15-16H2,1H3,(H,23,27)(H,25,26). The highest BCUT2D eigenvalue weighted by Gasteiger charge is 2.36.